The van der Waals surface area contributed by atoms with Crippen LogP contribution in [0, 0.1) is 18.6 Å². The van der Waals surface area contributed by atoms with Crippen molar-refractivity contribution in [1.29, 1.82) is 0 Å². The largest absolute Gasteiger partial charge is 0.395 e. The van der Waals surface area contributed by atoms with Crippen LogP contribution in [-0.4, -0.2) is 43.9 Å². The third-order valence-corrected chi connectivity index (χ3v) is 6.07. The van der Waals surface area contributed by atoms with Gasteiger partial charge in [0.05, 0.1) is 16.5 Å². The molecular formula is C17H17ClF2N2O4S. The van der Waals surface area contributed by atoms with Crippen molar-refractivity contribution in [3.8, 4) is 0 Å². The molecule has 2 aromatic carbocycles. The van der Waals surface area contributed by atoms with Crippen molar-refractivity contribution in [2.75, 3.05) is 25.5 Å². The Morgan fingerprint density at radius 3 is 2.52 bits per heavy atom. The average Bonchev–Trinajstić information content (AvgIpc) is 2.59. The van der Waals surface area contributed by atoms with Gasteiger partial charge in [0.25, 0.3) is 5.91 Å². The Hall–Kier alpha value is -2.07. The molecule has 0 saturated carbocycles. The highest BCUT2D eigenvalue weighted by Crippen LogP contribution is 2.24. The molecule has 0 aliphatic carbocycles. The van der Waals surface area contributed by atoms with Gasteiger partial charge in [0.1, 0.15) is 0 Å². The fourth-order valence-electron chi connectivity index (χ4n) is 2.28. The van der Waals surface area contributed by atoms with Gasteiger partial charge < -0.3 is 10.4 Å². The first-order valence-corrected chi connectivity index (χ1v) is 9.53. The summed E-state index contributed by atoms with van der Waals surface area (Å²) in [7, 11) is -2.61. The average molecular weight is 419 g/mol. The number of nitrogens with zero attached hydrogens (tertiary/aromatic N) is 1. The number of benzene rings is 2. The molecule has 0 spiro atoms. The Labute approximate surface area is 160 Å². The van der Waals surface area contributed by atoms with Crippen LogP contribution in [0.3, 0.4) is 0 Å². The van der Waals surface area contributed by atoms with Crippen molar-refractivity contribution in [3.63, 3.8) is 0 Å². The van der Waals surface area contributed by atoms with Crippen molar-refractivity contribution in [2.45, 2.75) is 11.8 Å². The van der Waals surface area contributed by atoms with Gasteiger partial charge in [0.15, 0.2) is 11.6 Å². The number of halogens is 3. The number of carbonyl (C=O) groups is 1. The standard InChI is InChI=1S/C17H17ClF2N2O4S/c1-10-3-4-11(7-15(10)27(25,26)22(2)5-6-23)17(24)21-12-8-13(18)16(20)14(19)9-12/h3-4,7-9,23H,5-6H2,1-2H3,(H,21,24). The quantitative estimate of drug-likeness (QED) is 0.706. The fraction of sp³-hybridized carbons (Fsp3) is 0.235. The van der Waals surface area contributed by atoms with Crippen LogP contribution in [0.5, 0.6) is 0 Å². The third kappa shape index (κ3) is 4.62. The first-order valence-electron chi connectivity index (χ1n) is 7.71. The second kappa shape index (κ2) is 8.30. The molecule has 2 N–H and O–H groups in total. The number of aliphatic hydroxyl groups excluding tert-OH is 1. The van der Waals surface area contributed by atoms with E-state index in [0.717, 1.165) is 16.4 Å². The molecule has 0 atom stereocenters. The van der Waals surface area contributed by atoms with Crippen LogP contribution in [-0.2, 0) is 10.0 Å². The molecular weight excluding hydrogens is 402 g/mol. The van der Waals surface area contributed by atoms with Gasteiger partial charge >= 0.3 is 0 Å². The highest BCUT2D eigenvalue weighted by Gasteiger charge is 2.24. The fourth-order valence-corrected chi connectivity index (χ4v) is 3.90. The molecule has 0 aliphatic heterocycles. The van der Waals surface area contributed by atoms with Crippen LogP contribution in [0.2, 0.25) is 5.02 Å². The van der Waals surface area contributed by atoms with E-state index in [0.29, 0.717) is 5.56 Å². The van der Waals surface area contributed by atoms with Crippen LogP contribution in [0.1, 0.15) is 15.9 Å². The molecule has 10 heteroatoms. The molecule has 0 aromatic heterocycles. The summed E-state index contributed by atoms with van der Waals surface area (Å²) in [6, 6.07) is 5.83. The molecule has 2 aromatic rings. The summed E-state index contributed by atoms with van der Waals surface area (Å²) in [4.78, 5) is 12.3. The van der Waals surface area contributed by atoms with E-state index in [1.54, 1.807) is 6.92 Å². The zero-order chi connectivity index (χ0) is 20.4. The second-order valence-corrected chi connectivity index (χ2v) is 8.16. The van der Waals surface area contributed by atoms with E-state index < -0.39 is 32.6 Å². The van der Waals surface area contributed by atoms with Gasteiger partial charge in [-0.05, 0) is 30.7 Å². The van der Waals surface area contributed by atoms with E-state index in [-0.39, 0.29) is 29.3 Å². The number of likely N-dealkylation sites (N-methyl/N-ethyl adjacent to an activating group) is 1. The van der Waals surface area contributed by atoms with Crippen molar-refractivity contribution in [3.05, 3.63) is 58.1 Å². The van der Waals surface area contributed by atoms with Gasteiger partial charge in [-0.15, -0.1) is 0 Å². The summed E-state index contributed by atoms with van der Waals surface area (Å²) < 4.78 is 52.8. The first kappa shape index (κ1) is 21.2. The van der Waals surface area contributed by atoms with Gasteiger partial charge in [-0.1, -0.05) is 17.7 Å². The van der Waals surface area contributed by atoms with Gasteiger partial charge in [-0.3, -0.25) is 4.79 Å². The number of anilines is 1. The molecule has 0 fully saturated rings. The first-order chi connectivity index (χ1) is 12.6. The minimum absolute atomic E-state index is 0.00238. The lowest BCUT2D eigenvalue weighted by molar-refractivity contribution is 0.102. The molecule has 0 aliphatic rings. The lowest BCUT2D eigenvalue weighted by Gasteiger charge is -2.18. The van der Waals surface area contributed by atoms with Gasteiger partial charge in [0, 0.05) is 30.9 Å². The molecule has 0 radical (unpaired) electrons. The smallest absolute Gasteiger partial charge is 0.255 e. The minimum atomic E-state index is -3.92. The van der Waals surface area contributed by atoms with Crippen LogP contribution >= 0.6 is 11.6 Å². The number of carbonyl (C=O) groups excluding carboxylic acids is 1. The Bertz CT molecular complexity index is 960. The summed E-state index contributed by atoms with van der Waals surface area (Å²) in [5.74, 6) is -3.18. The number of aryl methyl sites for hydroxylation is 1. The van der Waals surface area contributed by atoms with Crippen LogP contribution < -0.4 is 5.32 Å². The summed E-state index contributed by atoms with van der Waals surface area (Å²) >= 11 is 5.55. The maximum atomic E-state index is 13.4. The number of rotatable bonds is 6. The number of aliphatic hydroxyl groups is 1. The predicted molar refractivity (Wildman–Crippen MR) is 97.4 cm³/mol. The molecule has 27 heavy (non-hydrogen) atoms. The summed E-state index contributed by atoms with van der Waals surface area (Å²) in [5, 5.41) is 10.8. The number of amides is 1. The Morgan fingerprint density at radius 2 is 1.93 bits per heavy atom. The lowest BCUT2D eigenvalue weighted by atomic mass is 10.1. The molecule has 1 amide bonds. The predicted octanol–water partition coefficient (Wildman–Crippen LogP) is 2.79. The monoisotopic (exact) mass is 418 g/mol. The van der Waals surface area contributed by atoms with Crippen molar-refractivity contribution >= 4 is 33.2 Å². The Kier molecular flexibility index (Phi) is 6.53. The molecule has 146 valence electrons. The second-order valence-electron chi connectivity index (χ2n) is 5.74. The lowest BCUT2D eigenvalue weighted by Crippen LogP contribution is -2.30. The number of sulfonamides is 1. The molecule has 0 unspecified atom stereocenters. The maximum Gasteiger partial charge on any atom is 0.255 e. The molecule has 2 rings (SSSR count). The van der Waals surface area contributed by atoms with Crippen molar-refractivity contribution in [1.82, 2.24) is 4.31 Å². The van der Waals surface area contributed by atoms with Crippen LogP contribution in [0.4, 0.5) is 14.5 Å². The zero-order valence-corrected chi connectivity index (χ0v) is 16.0. The summed E-state index contributed by atoms with van der Waals surface area (Å²) in [5.41, 5.74) is 0.330. The third-order valence-electron chi connectivity index (χ3n) is 3.80. The summed E-state index contributed by atoms with van der Waals surface area (Å²) in [6.07, 6.45) is 0. The highest BCUT2D eigenvalue weighted by molar-refractivity contribution is 7.89. The number of hydrogen-bond acceptors (Lipinski definition) is 4. The number of nitrogens with one attached hydrogen (secondary N) is 1. The van der Waals surface area contributed by atoms with E-state index in [1.807, 2.05) is 0 Å². The van der Waals surface area contributed by atoms with E-state index in [4.69, 9.17) is 16.7 Å². The molecule has 0 heterocycles. The van der Waals surface area contributed by atoms with E-state index >= 15 is 0 Å². The molecule has 0 saturated heterocycles. The van der Waals surface area contributed by atoms with Crippen LogP contribution in [0.15, 0.2) is 35.2 Å². The van der Waals surface area contributed by atoms with E-state index in [2.05, 4.69) is 5.32 Å². The van der Waals surface area contributed by atoms with Crippen molar-refractivity contribution < 1.29 is 27.1 Å². The van der Waals surface area contributed by atoms with E-state index in [1.165, 1.54) is 25.2 Å². The van der Waals surface area contributed by atoms with Gasteiger partial charge in [0.2, 0.25) is 10.0 Å². The topological polar surface area (TPSA) is 86.7 Å². The Morgan fingerprint density at radius 1 is 1.26 bits per heavy atom. The molecule has 6 nitrogen and oxygen atoms in total. The van der Waals surface area contributed by atoms with E-state index in [9.17, 15) is 22.0 Å². The Balaban J connectivity index is 2.36. The minimum Gasteiger partial charge on any atom is -0.395 e. The van der Waals surface area contributed by atoms with Crippen molar-refractivity contribution in [2.24, 2.45) is 0 Å². The normalized spacial score (nSPS) is 11.7. The summed E-state index contributed by atoms with van der Waals surface area (Å²) in [6.45, 7) is 1.11. The number of hydrogen-bond donors (Lipinski definition) is 2. The maximum absolute atomic E-state index is 13.4. The SMILES string of the molecule is Cc1ccc(C(=O)Nc2cc(F)c(F)c(Cl)c2)cc1S(=O)(=O)N(C)CCO. The van der Waals surface area contributed by atoms with Crippen LogP contribution in [0.25, 0.3) is 0 Å². The zero-order valence-electron chi connectivity index (χ0n) is 14.5. The highest BCUT2D eigenvalue weighted by atomic mass is 35.5. The van der Waals surface area contributed by atoms with Gasteiger partial charge in [-0.2, -0.15) is 4.31 Å². The van der Waals surface area contributed by atoms with Gasteiger partial charge in [-0.25, -0.2) is 17.2 Å². The molecule has 0 bridgehead atoms.